The number of rotatable bonds is 2. The summed E-state index contributed by atoms with van der Waals surface area (Å²) in [5, 5.41) is 19.8. The Morgan fingerprint density at radius 2 is 1.58 bits per heavy atom. The van der Waals surface area contributed by atoms with Gasteiger partial charge in [0.25, 0.3) is 0 Å². The lowest BCUT2D eigenvalue weighted by molar-refractivity contribution is -0.125. The Bertz CT molecular complexity index is 966. The minimum absolute atomic E-state index is 0.157. The number of carbonyl (C=O) groups is 1. The maximum atomic E-state index is 13.7. The minimum atomic E-state index is -1.39. The maximum Gasteiger partial charge on any atom is 0.241 e. The molecule has 1 aliphatic carbocycles. The number of benzene rings is 2. The predicted molar refractivity (Wildman–Crippen MR) is 97.8 cm³/mol. The van der Waals surface area contributed by atoms with Crippen LogP contribution in [0.1, 0.15) is 24.0 Å². The predicted octanol–water partition coefficient (Wildman–Crippen LogP) is 3.85. The third-order valence-electron chi connectivity index (χ3n) is 5.57. The summed E-state index contributed by atoms with van der Waals surface area (Å²) in [5.74, 6) is -0.157. The van der Waals surface area contributed by atoms with E-state index in [4.69, 9.17) is 0 Å². The first-order valence-electron chi connectivity index (χ1n) is 8.61. The molecule has 0 radical (unpaired) electrons. The summed E-state index contributed by atoms with van der Waals surface area (Å²) >= 11 is 0. The average molecular weight is 339 g/mol. The number of nitriles is 2. The normalized spacial score (nSPS) is 22.7. The lowest BCUT2D eigenvalue weighted by Gasteiger charge is -2.39. The van der Waals surface area contributed by atoms with E-state index in [0.717, 1.165) is 16.8 Å². The molecule has 2 aliphatic rings. The molecular weight excluding hydrogens is 322 g/mol. The third kappa shape index (κ3) is 1.96. The van der Waals surface area contributed by atoms with Gasteiger partial charge in [-0.15, -0.1) is 0 Å². The van der Waals surface area contributed by atoms with Gasteiger partial charge in [0.1, 0.15) is 5.41 Å². The summed E-state index contributed by atoms with van der Waals surface area (Å²) < 4.78 is 0. The molecule has 4 heteroatoms. The highest BCUT2D eigenvalue weighted by atomic mass is 16.2. The van der Waals surface area contributed by atoms with Crippen molar-refractivity contribution in [3.8, 4) is 12.1 Å². The zero-order chi connectivity index (χ0) is 18.2. The molecule has 1 amide bonds. The Hall–Kier alpha value is -3.37. The summed E-state index contributed by atoms with van der Waals surface area (Å²) in [5.41, 5.74) is 0.0651. The van der Waals surface area contributed by atoms with Crippen molar-refractivity contribution in [3.63, 3.8) is 0 Å². The van der Waals surface area contributed by atoms with Crippen LogP contribution in [0.15, 0.2) is 66.7 Å². The molecule has 1 atom stereocenters. The smallest absolute Gasteiger partial charge is 0.241 e. The lowest BCUT2D eigenvalue weighted by atomic mass is 9.56. The van der Waals surface area contributed by atoms with E-state index >= 15 is 0 Å². The number of fused-ring (bicyclic) bond motifs is 2. The molecule has 1 heterocycles. The molecule has 0 N–H and O–H groups in total. The number of carbonyl (C=O) groups excluding carboxylic acids is 1. The highest BCUT2D eigenvalue weighted by Gasteiger charge is 2.64. The number of allylic oxidation sites excluding steroid dienone is 2. The Labute approximate surface area is 152 Å². The number of anilines is 1. The second-order valence-corrected chi connectivity index (χ2v) is 6.81. The maximum absolute atomic E-state index is 13.7. The zero-order valence-corrected chi connectivity index (χ0v) is 14.2. The Morgan fingerprint density at radius 3 is 2.31 bits per heavy atom. The Balaban J connectivity index is 1.91. The van der Waals surface area contributed by atoms with Gasteiger partial charge in [0.05, 0.1) is 18.7 Å². The highest BCUT2D eigenvalue weighted by molar-refractivity contribution is 6.09. The second kappa shape index (κ2) is 5.86. The van der Waals surface area contributed by atoms with Crippen molar-refractivity contribution in [1.82, 2.24) is 0 Å². The van der Waals surface area contributed by atoms with Gasteiger partial charge in [-0.2, -0.15) is 10.5 Å². The van der Waals surface area contributed by atoms with Crippen molar-refractivity contribution in [2.45, 2.75) is 24.8 Å². The van der Waals surface area contributed by atoms with E-state index in [-0.39, 0.29) is 12.3 Å². The summed E-state index contributed by atoms with van der Waals surface area (Å²) in [4.78, 5) is 15.4. The lowest BCUT2D eigenvalue weighted by Crippen LogP contribution is -2.52. The molecule has 1 spiro atoms. The van der Waals surface area contributed by atoms with Gasteiger partial charge in [-0.1, -0.05) is 60.7 Å². The molecule has 126 valence electrons. The van der Waals surface area contributed by atoms with Gasteiger partial charge in [0.15, 0.2) is 5.41 Å². The first-order chi connectivity index (χ1) is 12.7. The monoisotopic (exact) mass is 339 g/mol. The SMILES string of the molecule is N#CC1(C#N)CC=CCC12C(=O)N(Cc1ccccc1)c1ccccc12. The van der Waals surface area contributed by atoms with Crippen LogP contribution in [0.25, 0.3) is 0 Å². The molecule has 1 aliphatic heterocycles. The molecule has 4 rings (SSSR count). The van der Waals surface area contributed by atoms with E-state index in [1.54, 1.807) is 4.90 Å². The number of amides is 1. The summed E-state index contributed by atoms with van der Waals surface area (Å²) in [6.07, 6.45) is 4.40. The van der Waals surface area contributed by atoms with E-state index in [2.05, 4.69) is 12.1 Å². The van der Waals surface area contributed by atoms with Crippen LogP contribution < -0.4 is 4.90 Å². The van der Waals surface area contributed by atoms with Crippen LogP contribution in [0, 0.1) is 28.1 Å². The third-order valence-corrected chi connectivity index (χ3v) is 5.57. The number of hydrogen-bond donors (Lipinski definition) is 0. The van der Waals surface area contributed by atoms with Crippen LogP contribution in [-0.2, 0) is 16.8 Å². The van der Waals surface area contributed by atoms with Gasteiger partial charge in [0, 0.05) is 5.69 Å². The number of nitrogens with zero attached hydrogens (tertiary/aromatic N) is 3. The summed E-state index contributed by atoms with van der Waals surface area (Å²) in [6, 6.07) is 21.7. The topological polar surface area (TPSA) is 67.9 Å². The molecule has 2 aromatic rings. The van der Waals surface area contributed by atoms with Gasteiger partial charge in [0.2, 0.25) is 5.91 Å². The van der Waals surface area contributed by atoms with E-state index in [9.17, 15) is 15.3 Å². The molecule has 0 fully saturated rings. The van der Waals surface area contributed by atoms with Crippen LogP contribution >= 0.6 is 0 Å². The van der Waals surface area contributed by atoms with Crippen LogP contribution in [0.5, 0.6) is 0 Å². The molecule has 0 saturated heterocycles. The van der Waals surface area contributed by atoms with Gasteiger partial charge in [-0.05, 0) is 30.0 Å². The van der Waals surface area contributed by atoms with Crippen LogP contribution in [0.2, 0.25) is 0 Å². The van der Waals surface area contributed by atoms with E-state index < -0.39 is 10.8 Å². The van der Waals surface area contributed by atoms with Crippen molar-refractivity contribution < 1.29 is 4.79 Å². The second-order valence-electron chi connectivity index (χ2n) is 6.81. The first-order valence-corrected chi connectivity index (χ1v) is 8.61. The molecular formula is C22H17N3O. The zero-order valence-electron chi connectivity index (χ0n) is 14.2. The Kier molecular flexibility index (Phi) is 3.63. The van der Waals surface area contributed by atoms with Gasteiger partial charge in [-0.3, -0.25) is 4.79 Å². The van der Waals surface area contributed by atoms with Crippen molar-refractivity contribution in [3.05, 3.63) is 77.9 Å². The minimum Gasteiger partial charge on any atom is -0.307 e. The first kappa shape index (κ1) is 16.1. The summed E-state index contributed by atoms with van der Waals surface area (Å²) in [7, 11) is 0. The van der Waals surface area contributed by atoms with Crippen LogP contribution in [-0.4, -0.2) is 5.91 Å². The highest BCUT2D eigenvalue weighted by Crippen LogP contribution is 2.57. The average Bonchev–Trinajstić information content (AvgIpc) is 2.93. The van der Waals surface area contributed by atoms with Crippen molar-refractivity contribution >= 4 is 11.6 Å². The fourth-order valence-corrected chi connectivity index (χ4v) is 4.23. The largest absolute Gasteiger partial charge is 0.307 e. The van der Waals surface area contributed by atoms with Crippen LogP contribution in [0.3, 0.4) is 0 Å². The Morgan fingerprint density at radius 1 is 0.923 bits per heavy atom. The fraction of sp³-hybridized carbons (Fsp3) is 0.227. The molecule has 1 unspecified atom stereocenters. The van der Waals surface area contributed by atoms with Crippen molar-refractivity contribution in [2.75, 3.05) is 4.90 Å². The van der Waals surface area contributed by atoms with Gasteiger partial charge in [-0.25, -0.2) is 0 Å². The molecule has 0 saturated carbocycles. The molecule has 26 heavy (non-hydrogen) atoms. The molecule has 0 aromatic heterocycles. The number of para-hydroxylation sites is 1. The van der Waals surface area contributed by atoms with Gasteiger partial charge >= 0.3 is 0 Å². The molecule has 4 nitrogen and oxygen atoms in total. The van der Waals surface area contributed by atoms with Crippen molar-refractivity contribution in [2.24, 2.45) is 5.41 Å². The molecule has 2 aromatic carbocycles. The van der Waals surface area contributed by atoms with E-state index in [0.29, 0.717) is 13.0 Å². The number of hydrogen-bond acceptors (Lipinski definition) is 3. The van der Waals surface area contributed by atoms with Crippen LogP contribution in [0.4, 0.5) is 5.69 Å². The molecule has 0 bridgehead atoms. The fourth-order valence-electron chi connectivity index (χ4n) is 4.23. The van der Waals surface area contributed by atoms with E-state index in [1.165, 1.54) is 0 Å². The standard InChI is InChI=1S/C22H17N3O/c23-15-21(16-24)12-6-7-13-22(21)18-10-4-5-11-19(18)25(20(22)26)14-17-8-2-1-3-9-17/h1-11H,12-14H2. The van der Waals surface area contributed by atoms with Gasteiger partial charge < -0.3 is 4.90 Å². The summed E-state index contributed by atoms with van der Waals surface area (Å²) in [6.45, 7) is 0.426. The quantitative estimate of drug-likeness (QED) is 0.780. The van der Waals surface area contributed by atoms with E-state index in [1.807, 2.05) is 66.7 Å². The van der Waals surface area contributed by atoms with Crippen molar-refractivity contribution in [1.29, 1.82) is 10.5 Å².